The molecule has 0 fully saturated rings. The Balaban J connectivity index is 2.09. The molecule has 130 valence electrons. The third-order valence-corrected chi connectivity index (χ3v) is 4.69. The highest BCUT2D eigenvalue weighted by atomic mass is 32.1. The Morgan fingerprint density at radius 1 is 1.16 bits per heavy atom. The number of nitrogens with zero attached hydrogens (tertiary/aromatic N) is 1. The van der Waals surface area contributed by atoms with E-state index in [1.807, 2.05) is 56.3 Å². The first-order chi connectivity index (χ1) is 12.0. The first-order valence-corrected chi connectivity index (χ1v) is 8.93. The molecule has 2 N–H and O–H groups in total. The van der Waals surface area contributed by atoms with Gasteiger partial charge >= 0.3 is 0 Å². The molecule has 0 aliphatic rings. The molecule has 0 radical (unpaired) electrons. The molecule has 0 saturated heterocycles. The van der Waals surface area contributed by atoms with Crippen LogP contribution in [0.2, 0.25) is 0 Å². The van der Waals surface area contributed by atoms with Gasteiger partial charge in [0.05, 0.1) is 10.9 Å². The largest absolute Gasteiger partial charge is 0.341 e. The zero-order valence-electron chi connectivity index (χ0n) is 14.3. The van der Waals surface area contributed by atoms with E-state index in [0.717, 1.165) is 10.4 Å². The van der Waals surface area contributed by atoms with Gasteiger partial charge in [-0.1, -0.05) is 44.2 Å². The normalized spacial score (nSPS) is 11.6. The van der Waals surface area contributed by atoms with Crippen molar-refractivity contribution in [2.24, 2.45) is 5.92 Å². The Morgan fingerprint density at radius 3 is 2.52 bits per heavy atom. The first kappa shape index (κ1) is 18.7. The lowest BCUT2D eigenvalue weighted by molar-refractivity contribution is -0.123. The summed E-state index contributed by atoms with van der Waals surface area (Å²) in [5.41, 5.74) is 1.05. The molecule has 0 unspecified atom stereocenters. The quantitative estimate of drug-likeness (QED) is 0.748. The summed E-state index contributed by atoms with van der Waals surface area (Å²) in [6, 6.07) is 14.7. The SMILES string of the molecule is CC(C)C[C@H](NC(=O)c1ccc(-c2ccccc2)s1)C(=O)NCC#N. The number of rotatable bonds is 7. The fraction of sp³-hybridized carbons (Fsp3) is 0.316. The molecule has 25 heavy (non-hydrogen) atoms. The van der Waals surface area contributed by atoms with Gasteiger partial charge < -0.3 is 10.6 Å². The molecule has 1 atom stereocenters. The zero-order chi connectivity index (χ0) is 18.2. The van der Waals surface area contributed by atoms with Crippen LogP contribution in [0.3, 0.4) is 0 Å². The van der Waals surface area contributed by atoms with Gasteiger partial charge in [0.1, 0.15) is 12.6 Å². The van der Waals surface area contributed by atoms with Crippen LogP contribution < -0.4 is 10.6 Å². The third-order valence-electron chi connectivity index (χ3n) is 3.56. The summed E-state index contributed by atoms with van der Waals surface area (Å²) >= 11 is 1.39. The van der Waals surface area contributed by atoms with Crippen LogP contribution in [0, 0.1) is 17.2 Å². The number of nitriles is 1. The Labute approximate surface area is 151 Å². The predicted octanol–water partition coefficient (Wildman–Crippen LogP) is 3.20. The average Bonchev–Trinajstić information content (AvgIpc) is 3.09. The predicted molar refractivity (Wildman–Crippen MR) is 99.1 cm³/mol. The van der Waals surface area contributed by atoms with Gasteiger partial charge in [-0.05, 0) is 30.0 Å². The van der Waals surface area contributed by atoms with Crippen molar-refractivity contribution in [1.82, 2.24) is 10.6 Å². The number of hydrogen-bond acceptors (Lipinski definition) is 4. The lowest BCUT2D eigenvalue weighted by Crippen LogP contribution is -2.47. The molecule has 1 heterocycles. The standard InChI is InChI=1S/C19H21N3O2S/c1-13(2)12-15(18(23)21-11-10-20)22-19(24)17-9-8-16(25-17)14-6-4-3-5-7-14/h3-9,13,15H,11-12H2,1-2H3,(H,21,23)(H,22,24)/t15-/m0/s1. The van der Waals surface area contributed by atoms with Crippen LogP contribution in [0.4, 0.5) is 0 Å². The fourth-order valence-corrected chi connectivity index (χ4v) is 3.31. The van der Waals surface area contributed by atoms with E-state index in [9.17, 15) is 9.59 Å². The molecular formula is C19H21N3O2S. The third kappa shape index (κ3) is 5.44. The number of amides is 2. The van der Waals surface area contributed by atoms with Crippen molar-refractivity contribution < 1.29 is 9.59 Å². The first-order valence-electron chi connectivity index (χ1n) is 8.12. The van der Waals surface area contributed by atoms with Crippen LogP contribution in [0.15, 0.2) is 42.5 Å². The van der Waals surface area contributed by atoms with Crippen molar-refractivity contribution in [3.8, 4) is 16.5 Å². The van der Waals surface area contributed by atoms with E-state index in [1.54, 1.807) is 6.07 Å². The molecule has 5 nitrogen and oxygen atoms in total. The topological polar surface area (TPSA) is 82.0 Å². The Kier molecular flexibility index (Phi) is 6.72. The molecule has 0 spiro atoms. The molecule has 0 saturated carbocycles. The van der Waals surface area contributed by atoms with Crippen molar-refractivity contribution in [3.05, 3.63) is 47.3 Å². The molecule has 0 aliphatic carbocycles. The minimum atomic E-state index is -0.650. The smallest absolute Gasteiger partial charge is 0.262 e. The van der Waals surface area contributed by atoms with Gasteiger partial charge in [0.2, 0.25) is 5.91 Å². The van der Waals surface area contributed by atoms with E-state index in [-0.39, 0.29) is 24.3 Å². The van der Waals surface area contributed by atoms with Gasteiger partial charge in [-0.25, -0.2) is 0 Å². The summed E-state index contributed by atoms with van der Waals surface area (Å²) in [5.74, 6) is -0.366. The van der Waals surface area contributed by atoms with Crippen molar-refractivity contribution in [2.75, 3.05) is 6.54 Å². The molecule has 2 rings (SSSR count). The molecule has 2 aromatic rings. The summed E-state index contributed by atoms with van der Waals surface area (Å²) in [6.45, 7) is 3.89. The second-order valence-electron chi connectivity index (χ2n) is 6.06. The number of carbonyl (C=O) groups excluding carboxylic acids is 2. The summed E-state index contributed by atoms with van der Waals surface area (Å²) in [6.07, 6.45) is 0.514. The summed E-state index contributed by atoms with van der Waals surface area (Å²) in [5, 5.41) is 13.9. The number of carbonyl (C=O) groups is 2. The van der Waals surface area contributed by atoms with E-state index >= 15 is 0 Å². The second-order valence-corrected chi connectivity index (χ2v) is 7.15. The van der Waals surface area contributed by atoms with Gasteiger partial charge in [0.25, 0.3) is 5.91 Å². The summed E-state index contributed by atoms with van der Waals surface area (Å²) in [7, 11) is 0. The number of thiophene rings is 1. The zero-order valence-corrected chi connectivity index (χ0v) is 15.1. The van der Waals surface area contributed by atoms with Crippen LogP contribution in [0.1, 0.15) is 29.9 Å². The monoisotopic (exact) mass is 355 g/mol. The van der Waals surface area contributed by atoms with Crippen molar-refractivity contribution in [3.63, 3.8) is 0 Å². The molecule has 0 bridgehead atoms. The van der Waals surface area contributed by atoms with Crippen LogP contribution in [-0.4, -0.2) is 24.4 Å². The highest BCUT2D eigenvalue weighted by Gasteiger charge is 2.23. The maximum Gasteiger partial charge on any atom is 0.262 e. The van der Waals surface area contributed by atoms with Crippen molar-refractivity contribution in [1.29, 1.82) is 5.26 Å². The highest BCUT2D eigenvalue weighted by Crippen LogP contribution is 2.27. The Hall–Kier alpha value is -2.65. The van der Waals surface area contributed by atoms with Gasteiger partial charge in [0.15, 0.2) is 0 Å². The van der Waals surface area contributed by atoms with Crippen LogP contribution in [0.25, 0.3) is 10.4 Å². The van der Waals surface area contributed by atoms with Gasteiger partial charge in [-0.3, -0.25) is 9.59 Å². The van der Waals surface area contributed by atoms with Gasteiger partial charge in [-0.2, -0.15) is 5.26 Å². The Bertz CT molecular complexity index is 762. The minimum Gasteiger partial charge on any atom is -0.341 e. The summed E-state index contributed by atoms with van der Waals surface area (Å²) < 4.78 is 0. The summed E-state index contributed by atoms with van der Waals surface area (Å²) in [4.78, 5) is 26.2. The molecule has 1 aromatic carbocycles. The van der Waals surface area contributed by atoms with E-state index in [2.05, 4.69) is 10.6 Å². The number of nitrogens with one attached hydrogen (secondary N) is 2. The molecule has 6 heteroatoms. The highest BCUT2D eigenvalue weighted by molar-refractivity contribution is 7.17. The second kappa shape index (κ2) is 9.00. The molecule has 1 aromatic heterocycles. The minimum absolute atomic E-state index is 0.0690. The van der Waals surface area contributed by atoms with E-state index in [4.69, 9.17) is 5.26 Å². The van der Waals surface area contributed by atoms with Crippen LogP contribution >= 0.6 is 11.3 Å². The molecule has 2 amide bonds. The number of benzene rings is 1. The molecule has 0 aliphatic heterocycles. The average molecular weight is 355 g/mol. The molecular weight excluding hydrogens is 334 g/mol. The van der Waals surface area contributed by atoms with Crippen molar-refractivity contribution >= 4 is 23.2 Å². The lowest BCUT2D eigenvalue weighted by Gasteiger charge is -2.19. The maximum atomic E-state index is 12.5. The maximum absolute atomic E-state index is 12.5. The van der Waals surface area contributed by atoms with Gasteiger partial charge in [-0.15, -0.1) is 11.3 Å². The van der Waals surface area contributed by atoms with Gasteiger partial charge in [0, 0.05) is 4.88 Å². The fourth-order valence-electron chi connectivity index (χ4n) is 2.40. The van der Waals surface area contributed by atoms with Crippen molar-refractivity contribution in [2.45, 2.75) is 26.3 Å². The van der Waals surface area contributed by atoms with E-state index in [1.165, 1.54) is 11.3 Å². The van der Waals surface area contributed by atoms with Crippen LogP contribution in [0.5, 0.6) is 0 Å². The van der Waals surface area contributed by atoms with Crippen LogP contribution in [-0.2, 0) is 4.79 Å². The van der Waals surface area contributed by atoms with E-state index in [0.29, 0.717) is 11.3 Å². The lowest BCUT2D eigenvalue weighted by atomic mass is 10.0. The Morgan fingerprint density at radius 2 is 1.88 bits per heavy atom. The number of hydrogen-bond donors (Lipinski definition) is 2. The van der Waals surface area contributed by atoms with E-state index < -0.39 is 6.04 Å².